The predicted molar refractivity (Wildman–Crippen MR) is 52.7 cm³/mol. The van der Waals surface area contributed by atoms with Gasteiger partial charge in [0, 0.05) is 12.3 Å². The van der Waals surface area contributed by atoms with Crippen LogP contribution in [-0.4, -0.2) is 30.9 Å². The van der Waals surface area contributed by atoms with Crippen LogP contribution in [0.25, 0.3) is 0 Å². The minimum atomic E-state index is -3.09. The Morgan fingerprint density at radius 2 is 2.27 bits per heavy atom. The van der Waals surface area contributed by atoms with Gasteiger partial charge in [-0.3, -0.25) is 0 Å². The van der Waals surface area contributed by atoms with Crippen LogP contribution >= 0.6 is 0 Å². The van der Waals surface area contributed by atoms with Crippen molar-refractivity contribution in [2.24, 2.45) is 0 Å². The van der Waals surface area contributed by atoms with Crippen LogP contribution in [0.2, 0.25) is 0 Å². The summed E-state index contributed by atoms with van der Waals surface area (Å²) in [5.74, 6) is 0.505. The Hall–Kier alpha value is -0.950. The van der Waals surface area contributed by atoms with E-state index in [1.165, 1.54) is 12.8 Å². The molecule has 0 aromatic carbocycles. The Kier molecular flexibility index (Phi) is 2.74. The zero-order valence-corrected chi connectivity index (χ0v) is 9.25. The average molecular weight is 231 g/mol. The van der Waals surface area contributed by atoms with Crippen molar-refractivity contribution in [1.82, 2.24) is 15.5 Å². The van der Waals surface area contributed by atoms with Gasteiger partial charge in [0.25, 0.3) is 0 Å². The van der Waals surface area contributed by atoms with Crippen molar-refractivity contribution in [3.8, 4) is 0 Å². The van der Waals surface area contributed by atoms with Crippen molar-refractivity contribution < 1.29 is 12.9 Å². The van der Waals surface area contributed by atoms with Gasteiger partial charge in [-0.05, 0) is 12.8 Å². The van der Waals surface area contributed by atoms with Crippen LogP contribution in [0.3, 0.4) is 0 Å². The molecule has 1 aromatic rings. The summed E-state index contributed by atoms with van der Waals surface area (Å²) in [6, 6.07) is 0.565. The molecule has 1 aliphatic rings. The van der Waals surface area contributed by atoms with Crippen molar-refractivity contribution >= 4 is 9.84 Å². The lowest BCUT2D eigenvalue weighted by atomic mass is 10.6. The summed E-state index contributed by atoms with van der Waals surface area (Å²) in [4.78, 5) is 3.98. The molecule has 6 nitrogen and oxygen atoms in total. The van der Waals surface area contributed by atoms with E-state index in [1.807, 2.05) is 0 Å². The number of rotatable bonds is 5. The average Bonchev–Trinajstić information content (AvgIpc) is 2.83. The van der Waals surface area contributed by atoms with Crippen LogP contribution in [-0.2, 0) is 22.1 Å². The van der Waals surface area contributed by atoms with Crippen LogP contribution in [0.15, 0.2) is 4.52 Å². The first-order chi connectivity index (χ1) is 7.03. The zero-order chi connectivity index (χ0) is 10.9. The fraction of sp³-hybridized carbons (Fsp3) is 0.750. The zero-order valence-electron chi connectivity index (χ0n) is 8.43. The number of aromatic nitrogens is 2. The summed E-state index contributed by atoms with van der Waals surface area (Å²) in [5.41, 5.74) is 0. The van der Waals surface area contributed by atoms with E-state index in [1.54, 1.807) is 0 Å². The minimum absolute atomic E-state index is 0.167. The van der Waals surface area contributed by atoms with Gasteiger partial charge in [-0.1, -0.05) is 5.16 Å². The fourth-order valence-electron chi connectivity index (χ4n) is 1.17. The lowest BCUT2D eigenvalue weighted by Gasteiger charge is -1.94. The highest BCUT2D eigenvalue weighted by molar-refractivity contribution is 7.89. The summed E-state index contributed by atoms with van der Waals surface area (Å²) >= 11 is 0. The minimum Gasteiger partial charge on any atom is -0.338 e. The van der Waals surface area contributed by atoms with Gasteiger partial charge in [0.05, 0.1) is 6.54 Å². The van der Waals surface area contributed by atoms with Crippen LogP contribution in [0.5, 0.6) is 0 Å². The molecule has 1 fully saturated rings. The molecule has 0 radical (unpaired) electrons. The van der Waals surface area contributed by atoms with Gasteiger partial charge >= 0.3 is 0 Å². The Morgan fingerprint density at radius 3 is 2.87 bits per heavy atom. The monoisotopic (exact) mass is 231 g/mol. The highest BCUT2D eigenvalue weighted by atomic mass is 32.2. The molecule has 0 amide bonds. The molecule has 1 N–H and O–H groups in total. The van der Waals surface area contributed by atoms with E-state index in [0.29, 0.717) is 18.5 Å². The maximum atomic E-state index is 10.9. The first-order valence-electron chi connectivity index (χ1n) is 4.75. The highest BCUT2D eigenvalue weighted by Gasteiger charge is 2.21. The number of hydrogen-bond donors (Lipinski definition) is 1. The SMILES string of the molecule is CS(=O)(=O)Cc1noc(CNC2CC2)n1. The van der Waals surface area contributed by atoms with Gasteiger partial charge in [0.1, 0.15) is 5.75 Å². The van der Waals surface area contributed by atoms with E-state index in [-0.39, 0.29) is 11.6 Å². The number of sulfone groups is 1. The third-order valence-electron chi connectivity index (χ3n) is 2.02. The second-order valence-electron chi connectivity index (χ2n) is 3.83. The van der Waals surface area contributed by atoms with E-state index in [4.69, 9.17) is 4.52 Å². The highest BCUT2D eigenvalue weighted by Crippen LogP contribution is 2.19. The molecule has 0 spiro atoms. The third-order valence-corrected chi connectivity index (χ3v) is 2.80. The second kappa shape index (κ2) is 3.90. The molecule has 0 unspecified atom stereocenters. The molecule has 84 valence electrons. The topological polar surface area (TPSA) is 85.1 Å². The van der Waals surface area contributed by atoms with Crippen molar-refractivity contribution in [2.45, 2.75) is 31.2 Å². The van der Waals surface area contributed by atoms with Crippen molar-refractivity contribution in [1.29, 1.82) is 0 Å². The lowest BCUT2D eigenvalue weighted by Crippen LogP contribution is -2.15. The molecule has 15 heavy (non-hydrogen) atoms. The standard InChI is InChI=1S/C8H13N3O3S/c1-15(12,13)5-7-10-8(14-11-7)4-9-6-2-3-6/h6,9H,2-5H2,1H3. The van der Waals surface area contributed by atoms with Gasteiger partial charge in [0.15, 0.2) is 15.7 Å². The maximum absolute atomic E-state index is 10.9. The lowest BCUT2D eigenvalue weighted by molar-refractivity contribution is 0.363. The Labute approximate surface area is 88.0 Å². The molecular formula is C8H13N3O3S. The van der Waals surface area contributed by atoms with E-state index in [0.717, 1.165) is 6.26 Å². The molecule has 2 rings (SSSR count). The molecule has 0 atom stereocenters. The summed E-state index contributed by atoms with van der Waals surface area (Å²) in [5, 5.41) is 6.80. The van der Waals surface area contributed by atoms with Gasteiger partial charge in [0.2, 0.25) is 5.89 Å². The van der Waals surface area contributed by atoms with E-state index in [9.17, 15) is 8.42 Å². The van der Waals surface area contributed by atoms with Gasteiger partial charge in [-0.25, -0.2) is 8.42 Å². The van der Waals surface area contributed by atoms with Crippen LogP contribution < -0.4 is 5.32 Å². The summed E-state index contributed by atoms with van der Waals surface area (Å²) in [6.07, 6.45) is 3.51. The van der Waals surface area contributed by atoms with Crippen molar-refractivity contribution in [3.63, 3.8) is 0 Å². The first kappa shape index (κ1) is 10.6. The van der Waals surface area contributed by atoms with Crippen molar-refractivity contribution in [2.75, 3.05) is 6.26 Å². The van der Waals surface area contributed by atoms with E-state index < -0.39 is 9.84 Å². The van der Waals surface area contributed by atoms with Crippen molar-refractivity contribution in [3.05, 3.63) is 11.7 Å². The molecule has 1 aliphatic carbocycles. The Morgan fingerprint density at radius 1 is 1.53 bits per heavy atom. The Balaban J connectivity index is 1.90. The van der Waals surface area contributed by atoms with Gasteiger partial charge in [-0.2, -0.15) is 4.98 Å². The number of nitrogens with one attached hydrogen (secondary N) is 1. The summed E-state index contributed by atoms with van der Waals surface area (Å²) < 4.78 is 26.8. The summed E-state index contributed by atoms with van der Waals surface area (Å²) in [7, 11) is -3.09. The normalized spacial score (nSPS) is 16.9. The second-order valence-corrected chi connectivity index (χ2v) is 5.97. The molecule has 0 saturated heterocycles. The van der Waals surface area contributed by atoms with Crippen LogP contribution in [0.1, 0.15) is 24.6 Å². The molecular weight excluding hydrogens is 218 g/mol. The number of nitrogens with zero attached hydrogens (tertiary/aromatic N) is 2. The molecule has 1 saturated carbocycles. The fourth-order valence-corrected chi connectivity index (χ4v) is 1.76. The quantitative estimate of drug-likeness (QED) is 0.759. The predicted octanol–water partition coefficient (Wildman–Crippen LogP) is -0.134. The first-order valence-corrected chi connectivity index (χ1v) is 6.81. The van der Waals surface area contributed by atoms with Gasteiger partial charge < -0.3 is 9.84 Å². The van der Waals surface area contributed by atoms with Crippen LogP contribution in [0.4, 0.5) is 0 Å². The molecule has 7 heteroatoms. The molecule has 1 heterocycles. The Bertz CT molecular complexity index is 436. The van der Waals surface area contributed by atoms with E-state index >= 15 is 0 Å². The molecule has 0 bridgehead atoms. The third kappa shape index (κ3) is 3.60. The van der Waals surface area contributed by atoms with E-state index in [2.05, 4.69) is 15.5 Å². The number of hydrogen-bond acceptors (Lipinski definition) is 6. The van der Waals surface area contributed by atoms with Gasteiger partial charge in [-0.15, -0.1) is 0 Å². The molecule has 1 aromatic heterocycles. The largest absolute Gasteiger partial charge is 0.338 e. The smallest absolute Gasteiger partial charge is 0.240 e. The molecule has 0 aliphatic heterocycles. The summed E-state index contributed by atoms with van der Waals surface area (Å²) in [6.45, 7) is 0.515. The van der Waals surface area contributed by atoms with Crippen LogP contribution in [0, 0.1) is 0 Å². The maximum Gasteiger partial charge on any atom is 0.240 e.